The third-order valence-electron chi connectivity index (χ3n) is 3.04. The van der Waals surface area contributed by atoms with Crippen LogP contribution in [0.1, 0.15) is 20.8 Å². The third kappa shape index (κ3) is 17.6. The topological polar surface area (TPSA) is 55.4 Å². The van der Waals surface area contributed by atoms with Gasteiger partial charge in [0.15, 0.2) is 0 Å². The van der Waals surface area contributed by atoms with Crippen LogP contribution in [0.3, 0.4) is 0 Å². The van der Waals surface area contributed by atoms with Gasteiger partial charge in [0.2, 0.25) is 0 Å². The molecule has 0 aromatic heterocycles. The van der Waals surface area contributed by atoms with Crippen molar-refractivity contribution in [2.75, 3.05) is 72.7 Å². The number of allylic oxidation sites excluding steroid dienone is 4. The molecule has 0 rings (SSSR count). The number of hydrogen-bond acceptors (Lipinski definition) is 6. The van der Waals surface area contributed by atoms with E-state index in [0.29, 0.717) is 66.1 Å². The van der Waals surface area contributed by atoms with Gasteiger partial charge in [0, 0.05) is 6.61 Å². The average molecular weight is 373 g/mol. The van der Waals surface area contributed by atoms with Crippen LogP contribution in [0.5, 0.6) is 0 Å². The Hall–Kier alpha value is -1.18. The molecule has 0 spiro atoms. The van der Waals surface area contributed by atoms with E-state index in [1.807, 2.05) is 39.0 Å². The first-order valence-corrected chi connectivity index (χ1v) is 9.22. The van der Waals surface area contributed by atoms with Crippen molar-refractivity contribution in [3.63, 3.8) is 0 Å². The summed E-state index contributed by atoms with van der Waals surface area (Å²) >= 11 is 0. The standard InChI is InChI=1S/C20H36O6/c1-5-7-8-20(19(3)4)26-18-17-25-16-15-24-14-13-23-12-11-22-10-9-21-6-2/h5,7-8H,3,6,9-18H2,1-2,4H3/b7-5-,20-8+. The van der Waals surface area contributed by atoms with Gasteiger partial charge in [-0.1, -0.05) is 18.7 Å². The minimum Gasteiger partial charge on any atom is -0.491 e. The van der Waals surface area contributed by atoms with Crippen LogP contribution in [0.25, 0.3) is 0 Å². The molecule has 0 radical (unpaired) electrons. The lowest BCUT2D eigenvalue weighted by Gasteiger charge is -2.10. The monoisotopic (exact) mass is 372 g/mol. The van der Waals surface area contributed by atoms with Crippen molar-refractivity contribution in [1.82, 2.24) is 0 Å². The third-order valence-corrected chi connectivity index (χ3v) is 3.04. The summed E-state index contributed by atoms with van der Waals surface area (Å²) in [5.41, 5.74) is 0.895. The molecule has 0 N–H and O–H groups in total. The lowest BCUT2D eigenvalue weighted by Crippen LogP contribution is -2.14. The van der Waals surface area contributed by atoms with Crippen LogP contribution >= 0.6 is 0 Å². The molecule has 0 heterocycles. The van der Waals surface area contributed by atoms with Crippen LogP contribution in [-0.4, -0.2) is 72.7 Å². The minimum atomic E-state index is 0.489. The summed E-state index contributed by atoms with van der Waals surface area (Å²) in [7, 11) is 0. The van der Waals surface area contributed by atoms with Crippen LogP contribution in [0.2, 0.25) is 0 Å². The van der Waals surface area contributed by atoms with Gasteiger partial charge >= 0.3 is 0 Å². The summed E-state index contributed by atoms with van der Waals surface area (Å²) in [6.07, 6.45) is 5.77. The molecule has 0 amide bonds. The summed E-state index contributed by atoms with van der Waals surface area (Å²) in [5.74, 6) is 0.780. The maximum atomic E-state index is 5.62. The highest BCUT2D eigenvalue weighted by Gasteiger charge is 1.98. The van der Waals surface area contributed by atoms with Gasteiger partial charge in [0.1, 0.15) is 12.4 Å². The van der Waals surface area contributed by atoms with Gasteiger partial charge in [-0.3, -0.25) is 0 Å². The highest BCUT2D eigenvalue weighted by molar-refractivity contribution is 5.24. The molecule has 6 nitrogen and oxygen atoms in total. The first-order chi connectivity index (χ1) is 12.7. The van der Waals surface area contributed by atoms with Gasteiger partial charge in [-0.2, -0.15) is 0 Å². The molecule has 0 aromatic carbocycles. The van der Waals surface area contributed by atoms with Crippen LogP contribution < -0.4 is 0 Å². The van der Waals surface area contributed by atoms with Crippen molar-refractivity contribution < 1.29 is 28.4 Å². The average Bonchev–Trinajstić information content (AvgIpc) is 2.63. The van der Waals surface area contributed by atoms with E-state index < -0.39 is 0 Å². The highest BCUT2D eigenvalue weighted by atomic mass is 16.6. The van der Waals surface area contributed by atoms with Gasteiger partial charge in [-0.15, -0.1) is 0 Å². The van der Waals surface area contributed by atoms with Crippen molar-refractivity contribution >= 4 is 0 Å². The second-order valence-electron chi connectivity index (χ2n) is 5.33. The van der Waals surface area contributed by atoms with Gasteiger partial charge in [-0.25, -0.2) is 0 Å². The van der Waals surface area contributed by atoms with Crippen molar-refractivity contribution in [3.05, 3.63) is 36.1 Å². The molecule has 0 aromatic rings. The lowest BCUT2D eigenvalue weighted by molar-refractivity contribution is -0.0134. The maximum Gasteiger partial charge on any atom is 0.121 e. The molecule has 0 unspecified atom stereocenters. The van der Waals surface area contributed by atoms with E-state index in [4.69, 9.17) is 28.4 Å². The van der Waals surface area contributed by atoms with E-state index in [-0.39, 0.29) is 0 Å². The van der Waals surface area contributed by atoms with Gasteiger partial charge in [0.25, 0.3) is 0 Å². The Balaban J connectivity index is 3.30. The summed E-state index contributed by atoms with van der Waals surface area (Å²) < 4.78 is 32.4. The molecule has 6 heteroatoms. The maximum absolute atomic E-state index is 5.62. The van der Waals surface area contributed by atoms with E-state index in [1.165, 1.54) is 0 Å². The molecular weight excluding hydrogens is 336 g/mol. The van der Waals surface area contributed by atoms with Crippen LogP contribution in [0, 0.1) is 0 Å². The Morgan fingerprint density at radius 2 is 1.15 bits per heavy atom. The second-order valence-corrected chi connectivity index (χ2v) is 5.33. The Morgan fingerprint density at radius 1 is 0.731 bits per heavy atom. The van der Waals surface area contributed by atoms with Crippen molar-refractivity contribution in [2.45, 2.75) is 20.8 Å². The SMILES string of the molecule is C=C(C)/C(=C\C=C/C)OCCOCCOCCOCCOCCOCC. The molecule has 0 atom stereocenters. The highest BCUT2D eigenvalue weighted by Crippen LogP contribution is 2.08. The molecule has 26 heavy (non-hydrogen) atoms. The van der Waals surface area contributed by atoms with Crippen LogP contribution in [0.4, 0.5) is 0 Å². The molecular formula is C20H36O6. The van der Waals surface area contributed by atoms with E-state index in [1.54, 1.807) is 0 Å². The van der Waals surface area contributed by atoms with Gasteiger partial charge in [-0.05, 0) is 32.4 Å². The second kappa shape index (κ2) is 20.1. The summed E-state index contributed by atoms with van der Waals surface area (Å²) in [6, 6.07) is 0. The fourth-order valence-corrected chi connectivity index (χ4v) is 1.73. The van der Waals surface area contributed by atoms with Crippen molar-refractivity contribution in [2.24, 2.45) is 0 Å². The first-order valence-electron chi connectivity index (χ1n) is 9.22. The van der Waals surface area contributed by atoms with E-state index >= 15 is 0 Å². The van der Waals surface area contributed by atoms with E-state index in [2.05, 4.69) is 6.58 Å². The van der Waals surface area contributed by atoms with Gasteiger partial charge in [0.05, 0.1) is 59.5 Å². The van der Waals surface area contributed by atoms with Gasteiger partial charge < -0.3 is 28.4 Å². The molecule has 0 saturated heterocycles. The lowest BCUT2D eigenvalue weighted by atomic mass is 10.2. The number of hydrogen-bond donors (Lipinski definition) is 0. The molecule has 0 aliphatic carbocycles. The Morgan fingerprint density at radius 3 is 1.54 bits per heavy atom. The fourth-order valence-electron chi connectivity index (χ4n) is 1.73. The molecule has 0 bridgehead atoms. The van der Waals surface area contributed by atoms with E-state index in [9.17, 15) is 0 Å². The summed E-state index contributed by atoms with van der Waals surface area (Å²) in [6.45, 7) is 16.0. The van der Waals surface area contributed by atoms with Crippen LogP contribution in [0.15, 0.2) is 36.1 Å². The first kappa shape index (κ1) is 24.8. The normalized spacial score (nSPS) is 12.0. The van der Waals surface area contributed by atoms with Crippen molar-refractivity contribution in [1.29, 1.82) is 0 Å². The zero-order valence-electron chi connectivity index (χ0n) is 16.7. The smallest absolute Gasteiger partial charge is 0.121 e. The molecule has 0 fully saturated rings. The van der Waals surface area contributed by atoms with E-state index in [0.717, 1.165) is 17.9 Å². The minimum absolute atomic E-state index is 0.489. The predicted molar refractivity (Wildman–Crippen MR) is 103 cm³/mol. The quantitative estimate of drug-likeness (QED) is 0.197. The zero-order chi connectivity index (χ0) is 19.3. The predicted octanol–water partition coefficient (Wildman–Crippen LogP) is 3.14. The summed E-state index contributed by atoms with van der Waals surface area (Å²) in [4.78, 5) is 0. The molecule has 0 aliphatic rings. The van der Waals surface area contributed by atoms with Crippen LogP contribution in [-0.2, 0) is 28.4 Å². The summed E-state index contributed by atoms with van der Waals surface area (Å²) in [5, 5.41) is 0. The number of rotatable bonds is 19. The Kier molecular flexibility index (Phi) is 19.2. The molecule has 0 aliphatic heterocycles. The van der Waals surface area contributed by atoms with Crippen molar-refractivity contribution in [3.8, 4) is 0 Å². The zero-order valence-corrected chi connectivity index (χ0v) is 16.7. The Bertz CT molecular complexity index is 378. The molecule has 0 saturated carbocycles. The largest absolute Gasteiger partial charge is 0.491 e. The number of ether oxygens (including phenoxy) is 6. The fraction of sp³-hybridized carbons (Fsp3) is 0.700. The Labute approximate surface area is 158 Å². The molecule has 152 valence electrons.